The molecule has 1 amide bonds. The van der Waals surface area contributed by atoms with Crippen LogP contribution in [0.15, 0.2) is 67.0 Å². The number of nitrogens with one attached hydrogen (secondary N) is 1. The first-order chi connectivity index (χ1) is 14.1. The highest BCUT2D eigenvalue weighted by molar-refractivity contribution is 6.06. The fourth-order valence-electron chi connectivity index (χ4n) is 3.47. The van der Waals surface area contributed by atoms with Crippen molar-refractivity contribution in [2.75, 3.05) is 49.2 Å². The number of hydrogen-bond acceptors (Lipinski definition) is 5. The summed E-state index contributed by atoms with van der Waals surface area (Å²) >= 11 is 0. The molecule has 1 aliphatic heterocycles. The van der Waals surface area contributed by atoms with Gasteiger partial charge < -0.3 is 20.9 Å². The SMILES string of the molecule is CN1CCN(c2ccc(C(=O)Nc3cc(-c4ccncc4)ccc3N)cc2)CC1. The average molecular weight is 387 g/mol. The zero-order valence-electron chi connectivity index (χ0n) is 16.5. The summed E-state index contributed by atoms with van der Waals surface area (Å²) in [5.74, 6) is -0.173. The molecule has 0 atom stereocenters. The normalized spacial score (nSPS) is 14.6. The van der Waals surface area contributed by atoms with Gasteiger partial charge in [-0.15, -0.1) is 0 Å². The van der Waals surface area contributed by atoms with Crippen molar-refractivity contribution < 1.29 is 4.79 Å². The van der Waals surface area contributed by atoms with Gasteiger partial charge in [0.1, 0.15) is 0 Å². The predicted molar refractivity (Wildman–Crippen MR) is 118 cm³/mol. The van der Waals surface area contributed by atoms with Crippen LogP contribution in [0.2, 0.25) is 0 Å². The lowest BCUT2D eigenvalue weighted by atomic mass is 10.1. The smallest absolute Gasteiger partial charge is 0.255 e. The largest absolute Gasteiger partial charge is 0.397 e. The van der Waals surface area contributed by atoms with Crippen LogP contribution >= 0.6 is 0 Å². The number of nitrogens with two attached hydrogens (primary N) is 1. The Morgan fingerprint density at radius 2 is 1.62 bits per heavy atom. The van der Waals surface area contributed by atoms with Crippen molar-refractivity contribution >= 4 is 23.0 Å². The maximum absolute atomic E-state index is 12.7. The number of pyridine rings is 1. The van der Waals surface area contributed by atoms with E-state index in [1.807, 2.05) is 54.6 Å². The Bertz CT molecular complexity index is 980. The number of amides is 1. The maximum atomic E-state index is 12.7. The lowest BCUT2D eigenvalue weighted by molar-refractivity contribution is 0.102. The highest BCUT2D eigenvalue weighted by Crippen LogP contribution is 2.27. The third kappa shape index (κ3) is 4.38. The van der Waals surface area contributed by atoms with Crippen LogP contribution in [0.4, 0.5) is 17.1 Å². The molecular weight excluding hydrogens is 362 g/mol. The van der Waals surface area contributed by atoms with Gasteiger partial charge in [-0.05, 0) is 66.7 Å². The first kappa shape index (κ1) is 19.0. The van der Waals surface area contributed by atoms with Gasteiger partial charge in [-0.1, -0.05) is 6.07 Å². The first-order valence-corrected chi connectivity index (χ1v) is 9.75. The molecule has 0 bridgehead atoms. The lowest BCUT2D eigenvalue weighted by Gasteiger charge is -2.34. The van der Waals surface area contributed by atoms with Gasteiger partial charge >= 0.3 is 0 Å². The molecule has 4 rings (SSSR count). The number of benzene rings is 2. The fourth-order valence-corrected chi connectivity index (χ4v) is 3.47. The quantitative estimate of drug-likeness (QED) is 0.672. The van der Waals surface area contributed by atoms with Crippen LogP contribution in [-0.4, -0.2) is 49.0 Å². The summed E-state index contributed by atoms with van der Waals surface area (Å²) in [6.45, 7) is 4.10. The van der Waals surface area contributed by atoms with Gasteiger partial charge in [0.2, 0.25) is 0 Å². The lowest BCUT2D eigenvalue weighted by Crippen LogP contribution is -2.44. The molecular formula is C23H25N5O. The molecule has 1 aliphatic rings. The zero-order valence-corrected chi connectivity index (χ0v) is 16.5. The number of likely N-dealkylation sites (N-methyl/N-ethyl adjacent to an activating group) is 1. The molecule has 3 N–H and O–H groups in total. The van der Waals surface area contributed by atoms with E-state index in [4.69, 9.17) is 5.73 Å². The summed E-state index contributed by atoms with van der Waals surface area (Å²) in [5.41, 5.74) is 11.0. The highest BCUT2D eigenvalue weighted by atomic mass is 16.1. The van der Waals surface area contributed by atoms with Gasteiger partial charge in [-0.3, -0.25) is 9.78 Å². The minimum atomic E-state index is -0.173. The fraction of sp³-hybridized carbons (Fsp3) is 0.217. The van der Waals surface area contributed by atoms with Crippen LogP contribution in [0.25, 0.3) is 11.1 Å². The summed E-state index contributed by atoms with van der Waals surface area (Å²) in [7, 11) is 2.14. The Balaban J connectivity index is 1.48. The number of carbonyl (C=O) groups excluding carboxylic acids is 1. The van der Waals surface area contributed by atoms with Crippen LogP contribution in [0.5, 0.6) is 0 Å². The molecule has 0 radical (unpaired) electrons. The second-order valence-electron chi connectivity index (χ2n) is 7.33. The van der Waals surface area contributed by atoms with Crippen molar-refractivity contribution in [1.29, 1.82) is 0 Å². The van der Waals surface area contributed by atoms with Gasteiger partial charge in [-0.2, -0.15) is 0 Å². The Hall–Kier alpha value is -3.38. The van der Waals surface area contributed by atoms with Crippen molar-refractivity contribution in [3.63, 3.8) is 0 Å². The molecule has 148 valence electrons. The molecule has 6 nitrogen and oxygen atoms in total. The van der Waals surface area contributed by atoms with E-state index >= 15 is 0 Å². The van der Waals surface area contributed by atoms with Gasteiger partial charge in [0.15, 0.2) is 0 Å². The topological polar surface area (TPSA) is 74.5 Å². The van der Waals surface area contributed by atoms with Crippen LogP contribution in [-0.2, 0) is 0 Å². The van der Waals surface area contributed by atoms with Crippen molar-refractivity contribution in [3.8, 4) is 11.1 Å². The second-order valence-corrected chi connectivity index (χ2v) is 7.33. The van der Waals surface area contributed by atoms with E-state index in [0.29, 0.717) is 16.9 Å². The number of nitrogens with zero attached hydrogens (tertiary/aromatic N) is 3. The molecule has 1 fully saturated rings. The molecule has 0 unspecified atom stereocenters. The minimum absolute atomic E-state index is 0.173. The summed E-state index contributed by atoms with van der Waals surface area (Å²) in [6, 6.07) is 17.2. The molecule has 2 heterocycles. The number of aromatic nitrogens is 1. The van der Waals surface area contributed by atoms with Crippen molar-refractivity contribution in [2.24, 2.45) is 0 Å². The van der Waals surface area contributed by atoms with Crippen molar-refractivity contribution in [1.82, 2.24) is 9.88 Å². The molecule has 0 spiro atoms. The molecule has 1 aromatic heterocycles. The molecule has 0 aliphatic carbocycles. The Morgan fingerprint density at radius 3 is 2.31 bits per heavy atom. The standard InChI is InChI=1S/C23H25N5O/c1-27-12-14-28(15-13-27)20-5-2-18(3-6-20)23(29)26-22-16-19(4-7-21(22)24)17-8-10-25-11-9-17/h2-11,16H,12-15,24H2,1H3,(H,26,29). The van der Waals surface area contributed by atoms with Crippen LogP contribution in [0, 0.1) is 0 Å². The van der Waals surface area contributed by atoms with E-state index in [9.17, 15) is 4.79 Å². The Morgan fingerprint density at radius 1 is 0.931 bits per heavy atom. The molecule has 3 aromatic rings. The van der Waals surface area contributed by atoms with Crippen LogP contribution < -0.4 is 16.0 Å². The number of carbonyl (C=O) groups is 1. The number of nitrogen functional groups attached to an aromatic ring is 1. The molecule has 2 aromatic carbocycles. The van der Waals surface area contributed by atoms with E-state index in [2.05, 4.69) is 27.1 Å². The Kier molecular flexibility index (Phi) is 5.44. The summed E-state index contributed by atoms with van der Waals surface area (Å²) in [6.07, 6.45) is 3.48. The summed E-state index contributed by atoms with van der Waals surface area (Å²) < 4.78 is 0. The predicted octanol–water partition coefficient (Wildman–Crippen LogP) is 3.33. The minimum Gasteiger partial charge on any atom is -0.397 e. The maximum Gasteiger partial charge on any atom is 0.255 e. The zero-order chi connectivity index (χ0) is 20.2. The van der Waals surface area contributed by atoms with E-state index in [-0.39, 0.29) is 5.91 Å². The van der Waals surface area contributed by atoms with Crippen molar-refractivity contribution in [3.05, 3.63) is 72.6 Å². The number of hydrogen-bond donors (Lipinski definition) is 2. The highest BCUT2D eigenvalue weighted by Gasteiger charge is 2.15. The third-order valence-corrected chi connectivity index (χ3v) is 5.31. The first-order valence-electron chi connectivity index (χ1n) is 9.75. The monoisotopic (exact) mass is 387 g/mol. The average Bonchev–Trinajstić information content (AvgIpc) is 2.76. The number of piperazine rings is 1. The van der Waals surface area contributed by atoms with Crippen LogP contribution in [0.1, 0.15) is 10.4 Å². The molecule has 29 heavy (non-hydrogen) atoms. The van der Waals surface area contributed by atoms with Crippen LogP contribution in [0.3, 0.4) is 0 Å². The van der Waals surface area contributed by atoms with Gasteiger partial charge in [0, 0.05) is 49.8 Å². The number of rotatable bonds is 4. The van der Waals surface area contributed by atoms with E-state index < -0.39 is 0 Å². The summed E-state index contributed by atoms with van der Waals surface area (Å²) in [5, 5.41) is 2.94. The van der Waals surface area contributed by atoms with Crippen molar-refractivity contribution in [2.45, 2.75) is 0 Å². The summed E-state index contributed by atoms with van der Waals surface area (Å²) in [4.78, 5) is 21.5. The van der Waals surface area contributed by atoms with Gasteiger partial charge in [0.25, 0.3) is 5.91 Å². The number of anilines is 3. The molecule has 6 heteroatoms. The van der Waals surface area contributed by atoms with E-state index in [0.717, 1.165) is 43.0 Å². The van der Waals surface area contributed by atoms with E-state index in [1.54, 1.807) is 12.4 Å². The van der Waals surface area contributed by atoms with Gasteiger partial charge in [0.05, 0.1) is 11.4 Å². The molecule has 0 saturated carbocycles. The molecule has 1 saturated heterocycles. The third-order valence-electron chi connectivity index (χ3n) is 5.31. The van der Waals surface area contributed by atoms with E-state index in [1.165, 1.54) is 0 Å². The van der Waals surface area contributed by atoms with Gasteiger partial charge in [-0.25, -0.2) is 0 Å². The Labute approximate surface area is 171 Å². The second kappa shape index (κ2) is 8.32.